The predicted molar refractivity (Wildman–Crippen MR) is 118 cm³/mol. The quantitative estimate of drug-likeness (QED) is 0.464. The Kier molecular flexibility index (Phi) is 6.07. The zero-order valence-electron chi connectivity index (χ0n) is 16.8. The second-order valence-electron chi connectivity index (χ2n) is 6.86. The molecule has 0 unspecified atom stereocenters. The molecule has 0 aliphatic rings. The Morgan fingerprint density at radius 1 is 1.10 bits per heavy atom. The molecule has 0 spiro atoms. The summed E-state index contributed by atoms with van der Waals surface area (Å²) in [6, 6.07) is 17.5. The molecular formula is C23H22ClN5O. The van der Waals surface area contributed by atoms with Crippen molar-refractivity contribution >= 4 is 11.6 Å². The van der Waals surface area contributed by atoms with Gasteiger partial charge in [0.25, 0.3) is 0 Å². The van der Waals surface area contributed by atoms with E-state index in [0.29, 0.717) is 11.6 Å². The average molecular weight is 420 g/mol. The maximum absolute atomic E-state index is 6.48. The van der Waals surface area contributed by atoms with Gasteiger partial charge in [-0.05, 0) is 43.3 Å². The summed E-state index contributed by atoms with van der Waals surface area (Å²) in [6.07, 6.45) is 5.34. The highest BCUT2D eigenvalue weighted by Crippen LogP contribution is 2.30. The molecule has 4 rings (SSSR count). The third kappa shape index (κ3) is 4.35. The predicted octanol–water partition coefficient (Wildman–Crippen LogP) is 4.84. The van der Waals surface area contributed by atoms with E-state index in [1.165, 1.54) is 0 Å². The lowest BCUT2D eigenvalue weighted by Crippen LogP contribution is -2.19. The van der Waals surface area contributed by atoms with Crippen molar-refractivity contribution in [1.29, 1.82) is 0 Å². The van der Waals surface area contributed by atoms with E-state index in [2.05, 4.69) is 22.2 Å². The van der Waals surface area contributed by atoms with Gasteiger partial charge in [0.2, 0.25) is 0 Å². The number of hydrogen-bond acceptors (Lipinski definition) is 5. The summed E-state index contributed by atoms with van der Waals surface area (Å²) in [5.41, 5.74) is 4.67. The van der Waals surface area contributed by atoms with Crippen LogP contribution < -0.4 is 10.1 Å². The molecule has 0 bridgehead atoms. The minimum absolute atomic E-state index is 0.0661. The molecule has 2 heterocycles. The zero-order chi connectivity index (χ0) is 20.9. The zero-order valence-corrected chi connectivity index (χ0v) is 17.5. The summed E-state index contributed by atoms with van der Waals surface area (Å²) in [4.78, 5) is 8.31. The highest BCUT2D eigenvalue weighted by molar-refractivity contribution is 6.33. The molecule has 4 aromatic rings. The van der Waals surface area contributed by atoms with Crippen molar-refractivity contribution in [3.8, 4) is 22.7 Å². The Balaban J connectivity index is 1.66. The Morgan fingerprint density at radius 3 is 2.60 bits per heavy atom. The van der Waals surface area contributed by atoms with Crippen LogP contribution in [0.2, 0.25) is 5.02 Å². The molecule has 7 heteroatoms. The molecule has 0 aliphatic carbocycles. The van der Waals surface area contributed by atoms with Gasteiger partial charge in [0.15, 0.2) is 0 Å². The molecule has 6 nitrogen and oxygen atoms in total. The number of ether oxygens (including phenoxy) is 1. The SMILES string of the molecule is COc1ccc(-n2cc(CN[C@H](C)c3ccncn3)c(-c3ccccc3Cl)n2)cc1. The van der Waals surface area contributed by atoms with E-state index in [0.717, 1.165) is 34.0 Å². The van der Waals surface area contributed by atoms with Crippen LogP contribution in [0.25, 0.3) is 16.9 Å². The second-order valence-corrected chi connectivity index (χ2v) is 7.27. The summed E-state index contributed by atoms with van der Waals surface area (Å²) >= 11 is 6.48. The van der Waals surface area contributed by atoms with Gasteiger partial charge in [-0.3, -0.25) is 0 Å². The van der Waals surface area contributed by atoms with Crippen LogP contribution in [0, 0.1) is 0 Å². The summed E-state index contributed by atoms with van der Waals surface area (Å²) in [6.45, 7) is 2.69. The van der Waals surface area contributed by atoms with Crippen LogP contribution in [0.4, 0.5) is 0 Å². The first kappa shape index (κ1) is 20.1. The molecule has 2 aromatic heterocycles. The van der Waals surface area contributed by atoms with Gasteiger partial charge >= 0.3 is 0 Å². The number of halogens is 1. The number of rotatable bonds is 7. The van der Waals surface area contributed by atoms with Gasteiger partial charge in [0.05, 0.1) is 29.2 Å². The van der Waals surface area contributed by atoms with Gasteiger partial charge in [-0.1, -0.05) is 29.8 Å². The van der Waals surface area contributed by atoms with Crippen molar-refractivity contribution in [2.75, 3.05) is 7.11 Å². The summed E-state index contributed by atoms with van der Waals surface area (Å²) in [5, 5.41) is 9.03. The fourth-order valence-corrected chi connectivity index (χ4v) is 3.44. The molecule has 0 saturated heterocycles. The molecule has 0 radical (unpaired) electrons. The maximum Gasteiger partial charge on any atom is 0.119 e. The van der Waals surface area contributed by atoms with Crippen LogP contribution in [-0.2, 0) is 6.54 Å². The lowest BCUT2D eigenvalue weighted by molar-refractivity contribution is 0.414. The van der Waals surface area contributed by atoms with Crippen LogP contribution >= 0.6 is 11.6 Å². The lowest BCUT2D eigenvalue weighted by atomic mass is 10.1. The lowest BCUT2D eigenvalue weighted by Gasteiger charge is -2.13. The Morgan fingerprint density at radius 2 is 1.90 bits per heavy atom. The van der Waals surface area contributed by atoms with E-state index < -0.39 is 0 Å². The van der Waals surface area contributed by atoms with Gasteiger partial charge in [0.1, 0.15) is 12.1 Å². The second kappa shape index (κ2) is 9.07. The molecule has 1 atom stereocenters. The molecule has 0 saturated carbocycles. The van der Waals surface area contributed by atoms with E-state index in [1.54, 1.807) is 19.6 Å². The summed E-state index contributed by atoms with van der Waals surface area (Å²) < 4.78 is 7.12. The Bertz CT molecular complexity index is 1110. The number of nitrogens with one attached hydrogen (secondary N) is 1. The third-order valence-electron chi connectivity index (χ3n) is 4.90. The molecule has 0 aliphatic heterocycles. The van der Waals surface area contributed by atoms with Crippen LogP contribution in [0.15, 0.2) is 73.3 Å². The first-order chi connectivity index (χ1) is 14.7. The first-order valence-corrected chi connectivity index (χ1v) is 10.0. The van der Waals surface area contributed by atoms with Gasteiger partial charge in [0, 0.05) is 36.1 Å². The highest BCUT2D eigenvalue weighted by atomic mass is 35.5. The molecule has 0 fully saturated rings. The molecule has 30 heavy (non-hydrogen) atoms. The van der Waals surface area contributed by atoms with Crippen molar-refractivity contribution in [3.05, 3.63) is 89.6 Å². The van der Waals surface area contributed by atoms with Crippen molar-refractivity contribution in [2.45, 2.75) is 19.5 Å². The number of aromatic nitrogens is 4. The minimum atomic E-state index is 0.0661. The molecule has 152 valence electrons. The van der Waals surface area contributed by atoms with Crippen LogP contribution in [0.1, 0.15) is 24.2 Å². The number of nitrogens with zero attached hydrogens (tertiary/aromatic N) is 4. The summed E-state index contributed by atoms with van der Waals surface area (Å²) in [5.74, 6) is 0.804. The molecular weight excluding hydrogens is 398 g/mol. The fraction of sp³-hybridized carbons (Fsp3) is 0.174. The monoisotopic (exact) mass is 419 g/mol. The smallest absolute Gasteiger partial charge is 0.119 e. The Labute approximate surface area is 180 Å². The van der Waals surface area contributed by atoms with E-state index in [-0.39, 0.29) is 6.04 Å². The van der Waals surface area contributed by atoms with E-state index in [4.69, 9.17) is 21.4 Å². The largest absolute Gasteiger partial charge is 0.497 e. The molecule has 1 N–H and O–H groups in total. The first-order valence-electron chi connectivity index (χ1n) is 9.63. The van der Waals surface area contributed by atoms with E-state index in [1.807, 2.05) is 65.5 Å². The maximum atomic E-state index is 6.48. The summed E-state index contributed by atoms with van der Waals surface area (Å²) in [7, 11) is 1.65. The average Bonchev–Trinajstić information content (AvgIpc) is 3.22. The number of methoxy groups -OCH3 is 1. The third-order valence-corrected chi connectivity index (χ3v) is 5.23. The standard InChI is InChI=1S/C23H22ClN5O/c1-16(22-11-12-25-15-27-22)26-13-17-14-29(18-7-9-19(30-2)10-8-18)28-23(17)20-5-3-4-6-21(20)24/h3-12,14-16,26H,13H2,1-2H3/t16-/m1/s1. The van der Waals surface area contributed by atoms with Gasteiger partial charge in [-0.15, -0.1) is 0 Å². The number of benzene rings is 2. The van der Waals surface area contributed by atoms with Crippen molar-refractivity contribution in [3.63, 3.8) is 0 Å². The van der Waals surface area contributed by atoms with E-state index in [9.17, 15) is 0 Å². The van der Waals surface area contributed by atoms with Gasteiger partial charge in [-0.2, -0.15) is 5.10 Å². The van der Waals surface area contributed by atoms with Crippen LogP contribution in [0.3, 0.4) is 0 Å². The fourth-order valence-electron chi connectivity index (χ4n) is 3.21. The normalized spacial score (nSPS) is 12.0. The van der Waals surface area contributed by atoms with Crippen LogP contribution in [-0.4, -0.2) is 26.9 Å². The van der Waals surface area contributed by atoms with E-state index >= 15 is 0 Å². The molecule has 2 aromatic carbocycles. The van der Waals surface area contributed by atoms with Gasteiger partial charge in [-0.25, -0.2) is 14.6 Å². The van der Waals surface area contributed by atoms with Crippen molar-refractivity contribution in [2.24, 2.45) is 0 Å². The topological polar surface area (TPSA) is 64.9 Å². The van der Waals surface area contributed by atoms with Crippen molar-refractivity contribution < 1.29 is 4.74 Å². The Hall–Kier alpha value is -3.22. The van der Waals surface area contributed by atoms with Crippen molar-refractivity contribution in [1.82, 2.24) is 25.1 Å². The van der Waals surface area contributed by atoms with Gasteiger partial charge < -0.3 is 10.1 Å². The number of hydrogen-bond donors (Lipinski definition) is 1. The minimum Gasteiger partial charge on any atom is -0.497 e. The highest BCUT2D eigenvalue weighted by Gasteiger charge is 2.16. The van der Waals surface area contributed by atoms with Crippen LogP contribution in [0.5, 0.6) is 5.75 Å². The molecule has 0 amide bonds.